The lowest BCUT2D eigenvalue weighted by molar-refractivity contribution is 0.168. The number of hydrogen-bond acceptors (Lipinski definition) is 4. The first-order valence-electron chi connectivity index (χ1n) is 6.45. The summed E-state index contributed by atoms with van der Waals surface area (Å²) in [6.45, 7) is 4.67. The van der Waals surface area contributed by atoms with Crippen molar-refractivity contribution in [3.05, 3.63) is 24.3 Å². The SMILES string of the molecule is CC1CCC(C(NN)c2ncccn2)CC1C. The zero-order chi connectivity index (χ0) is 12.3. The van der Waals surface area contributed by atoms with Gasteiger partial charge in [0.05, 0.1) is 6.04 Å². The van der Waals surface area contributed by atoms with E-state index in [2.05, 4.69) is 29.2 Å². The molecular weight excluding hydrogens is 212 g/mol. The van der Waals surface area contributed by atoms with Gasteiger partial charge in [-0.15, -0.1) is 0 Å². The first-order chi connectivity index (χ1) is 8.22. The molecule has 0 aromatic carbocycles. The third kappa shape index (κ3) is 2.82. The fraction of sp³-hybridized carbons (Fsp3) is 0.692. The molecule has 0 bridgehead atoms. The van der Waals surface area contributed by atoms with Gasteiger partial charge in [-0.2, -0.15) is 0 Å². The monoisotopic (exact) mass is 234 g/mol. The second kappa shape index (κ2) is 5.56. The summed E-state index contributed by atoms with van der Waals surface area (Å²) >= 11 is 0. The minimum atomic E-state index is 0.0890. The van der Waals surface area contributed by atoms with Crippen molar-refractivity contribution in [2.75, 3.05) is 0 Å². The van der Waals surface area contributed by atoms with Gasteiger partial charge in [-0.3, -0.25) is 5.84 Å². The van der Waals surface area contributed by atoms with Gasteiger partial charge in [0.2, 0.25) is 0 Å². The van der Waals surface area contributed by atoms with E-state index in [0.717, 1.165) is 17.7 Å². The Morgan fingerprint density at radius 3 is 2.53 bits per heavy atom. The Labute approximate surface area is 103 Å². The van der Waals surface area contributed by atoms with Crippen LogP contribution in [0.3, 0.4) is 0 Å². The van der Waals surface area contributed by atoms with E-state index in [1.165, 1.54) is 19.3 Å². The number of nitrogens with one attached hydrogen (secondary N) is 1. The van der Waals surface area contributed by atoms with Crippen LogP contribution in [-0.4, -0.2) is 9.97 Å². The van der Waals surface area contributed by atoms with Crippen LogP contribution in [0.2, 0.25) is 0 Å². The van der Waals surface area contributed by atoms with Crippen molar-refractivity contribution < 1.29 is 0 Å². The van der Waals surface area contributed by atoms with Crippen LogP contribution in [0.1, 0.15) is 45.0 Å². The fourth-order valence-corrected chi connectivity index (χ4v) is 2.78. The molecule has 4 heteroatoms. The smallest absolute Gasteiger partial charge is 0.146 e. The lowest BCUT2D eigenvalue weighted by atomic mass is 9.73. The van der Waals surface area contributed by atoms with E-state index in [0.29, 0.717) is 5.92 Å². The molecule has 17 heavy (non-hydrogen) atoms. The first-order valence-corrected chi connectivity index (χ1v) is 6.45. The lowest BCUT2D eigenvalue weighted by Crippen LogP contribution is -2.37. The van der Waals surface area contributed by atoms with Gasteiger partial charge < -0.3 is 0 Å². The number of rotatable bonds is 3. The number of hydrazine groups is 1. The molecule has 94 valence electrons. The topological polar surface area (TPSA) is 63.8 Å². The van der Waals surface area contributed by atoms with Gasteiger partial charge in [0, 0.05) is 12.4 Å². The molecule has 1 aliphatic carbocycles. The van der Waals surface area contributed by atoms with Crippen molar-refractivity contribution in [3.8, 4) is 0 Å². The van der Waals surface area contributed by atoms with Gasteiger partial charge >= 0.3 is 0 Å². The molecule has 4 atom stereocenters. The molecule has 0 spiro atoms. The molecule has 1 heterocycles. The van der Waals surface area contributed by atoms with Crippen LogP contribution in [0.5, 0.6) is 0 Å². The zero-order valence-corrected chi connectivity index (χ0v) is 10.6. The molecule has 1 aromatic heterocycles. The molecule has 3 N–H and O–H groups in total. The summed E-state index contributed by atoms with van der Waals surface area (Å²) in [7, 11) is 0. The Bertz CT molecular complexity index is 341. The molecule has 1 fully saturated rings. The van der Waals surface area contributed by atoms with Crippen LogP contribution in [0.4, 0.5) is 0 Å². The number of nitrogens with zero attached hydrogens (tertiary/aromatic N) is 2. The second-order valence-corrected chi connectivity index (χ2v) is 5.28. The van der Waals surface area contributed by atoms with Crippen molar-refractivity contribution in [1.29, 1.82) is 0 Å². The van der Waals surface area contributed by atoms with E-state index in [9.17, 15) is 0 Å². The predicted molar refractivity (Wildman–Crippen MR) is 67.8 cm³/mol. The maximum atomic E-state index is 5.69. The van der Waals surface area contributed by atoms with E-state index >= 15 is 0 Å². The van der Waals surface area contributed by atoms with Gasteiger partial charge in [0.1, 0.15) is 5.82 Å². The fourth-order valence-electron chi connectivity index (χ4n) is 2.78. The minimum absolute atomic E-state index is 0.0890. The van der Waals surface area contributed by atoms with Crippen LogP contribution < -0.4 is 11.3 Å². The normalized spacial score (nSPS) is 31.1. The second-order valence-electron chi connectivity index (χ2n) is 5.28. The van der Waals surface area contributed by atoms with Crippen LogP contribution in [0, 0.1) is 17.8 Å². The minimum Gasteiger partial charge on any atom is -0.271 e. The molecule has 1 saturated carbocycles. The molecule has 0 aliphatic heterocycles. The molecule has 1 aromatic rings. The van der Waals surface area contributed by atoms with E-state index in [4.69, 9.17) is 5.84 Å². The van der Waals surface area contributed by atoms with Crippen LogP contribution in [-0.2, 0) is 0 Å². The van der Waals surface area contributed by atoms with E-state index < -0.39 is 0 Å². The maximum absolute atomic E-state index is 5.69. The van der Waals surface area contributed by atoms with Crippen molar-refractivity contribution in [1.82, 2.24) is 15.4 Å². The summed E-state index contributed by atoms with van der Waals surface area (Å²) in [5, 5.41) is 0. The van der Waals surface area contributed by atoms with Crippen LogP contribution >= 0.6 is 0 Å². The van der Waals surface area contributed by atoms with Gasteiger partial charge in [-0.05, 0) is 36.7 Å². The Kier molecular flexibility index (Phi) is 4.07. The highest BCUT2D eigenvalue weighted by atomic mass is 15.2. The Morgan fingerprint density at radius 1 is 1.24 bits per heavy atom. The highest BCUT2D eigenvalue weighted by molar-refractivity contribution is 4.99. The highest BCUT2D eigenvalue weighted by Crippen LogP contribution is 2.38. The van der Waals surface area contributed by atoms with Crippen molar-refractivity contribution in [3.63, 3.8) is 0 Å². The molecule has 0 saturated heterocycles. The highest BCUT2D eigenvalue weighted by Gasteiger charge is 2.31. The van der Waals surface area contributed by atoms with E-state index in [1.807, 2.05) is 6.07 Å². The zero-order valence-electron chi connectivity index (χ0n) is 10.6. The number of aromatic nitrogens is 2. The molecular formula is C13H22N4. The largest absolute Gasteiger partial charge is 0.271 e. The summed E-state index contributed by atoms with van der Waals surface area (Å²) in [4.78, 5) is 8.63. The first kappa shape index (κ1) is 12.5. The summed E-state index contributed by atoms with van der Waals surface area (Å²) < 4.78 is 0. The molecule has 1 aliphatic rings. The van der Waals surface area contributed by atoms with Gasteiger partial charge in [-0.1, -0.05) is 20.3 Å². The van der Waals surface area contributed by atoms with Crippen molar-refractivity contribution in [2.24, 2.45) is 23.6 Å². The third-order valence-corrected chi connectivity index (χ3v) is 4.15. The van der Waals surface area contributed by atoms with Crippen LogP contribution in [0.15, 0.2) is 18.5 Å². The summed E-state index contributed by atoms with van der Waals surface area (Å²) in [6, 6.07) is 1.92. The van der Waals surface area contributed by atoms with Crippen molar-refractivity contribution in [2.45, 2.75) is 39.2 Å². The van der Waals surface area contributed by atoms with E-state index in [-0.39, 0.29) is 6.04 Å². The Morgan fingerprint density at radius 2 is 1.94 bits per heavy atom. The Balaban J connectivity index is 2.09. The third-order valence-electron chi connectivity index (χ3n) is 4.15. The van der Waals surface area contributed by atoms with Crippen LogP contribution in [0.25, 0.3) is 0 Å². The van der Waals surface area contributed by atoms with Gasteiger partial charge in [0.25, 0.3) is 0 Å². The molecule has 4 unspecified atom stereocenters. The summed E-state index contributed by atoms with van der Waals surface area (Å²) in [5.74, 6) is 8.63. The van der Waals surface area contributed by atoms with Gasteiger partial charge in [-0.25, -0.2) is 15.4 Å². The molecule has 4 nitrogen and oxygen atoms in total. The lowest BCUT2D eigenvalue weighted by Gasteiger charge is -2.35. The number of nitrogens with two attached hydrogens (primary N) is 1. The average molecular weight is 234 g/mol. The molecule has 0 radical (unpaired) electrons. The summed E-state index contributed by atoms with van der Waals surface area (Å²) in [5.41, 5.74) is 2.90. The van der Waals surface area contributed by atoms with Gasteiger partial charge in [0.15, 0.2) is 0 Å². The Hall–Kier alpha value is -1.00. The summed E-state index contributed by atoms with van der Waals surface area (Å²) in [6.07, 6.45) is 7.24. The quantitative estimate of drug-likeness (QED) is 0.620. The van der Waals surface area contributed by atoms with E-state index in [1.54, 1.807) is 12.4 Å². The van der Waals surface area contributed by atoms with Crippen molar-refractivity contribution >= 4 is 0 Å². The average Bonchev–Trinajstić information content (AvgIpc) is 2.36. The molecule has 2 rings (SSSR count). The standard InChI is InChI=1S/C13H22N4/c1-9-4-5-11(8-10(9)2)12(17-14)13-15-6-3-7-16-13/h3,6-7,9-12,17H,4-5,8,14H2,1-2H3. The maximum Gasteiger partial charge on any atom is 0.146 e. The predicted octanol–water partition coefficient (Wildman–Crippen LogP) is 2.05. The molecule has 0 amide bonds. The number of hydrogen-bond donors (Lipinski definition) is 2.